The largest absolute Gasteiger partial charge is 0.508 e. The number of ether oxygens (including phenoxy) is 3. The van der Waals surface area contributed by atoms with Crippen molar-refractivity contribution in [1.82, 2.24) is 15.1 Å². The summed E-state index contributed by atoms with van der Waals surface area (Å²) in [5.41, 5.74) is 3.31. The molecule has 0 aliphatic heterocycles. The zero-order valence-corrected chi connectivity index (χ0v) is 23.5. The smallest absolute Gasteiger partial charge is 0.414 e. The van der Waals surface area contributed by atoms with Crippen LogP contribution in [0.5, 0.6) is 17.4 Å². The van der Waals surface area contributed by atoms with E-state index in [1.807, 2.05) is 37.3 Å². The molecule has 0 atom stereocenters. The van der Waals surface area contributed by atoms with Crippen molar-refractivity contribution in [3.05, 3.63) is 101 Å². The number of phenols is 1. The maximum absolute atomic E-state index is 12.4. The average Bonchev–Trinajstić information content (AvgIpc) is 3.25. The van der Waals surface area contributed by atoms with Crippen LogP contribution in [0.1, 0.15) is 43.2 Å². The van der Waals surface area contributed by atoms with Crippen molar-refractivity contribution in [3.63, 3.8) is 0 Å². The number of aryl methyl sites for hydroxylation is 1. The Bertz CT molecular complexity index is 1480. The molecule has 0 spiro atoms. The maximum atomic E-state index is 12.4. The lowest BCUT2D eigenvalue weighted by Crippen LogP contribution is -2.27. The SMILES string of the molecule is Cc1cc(OC(=O)NCc2ccc(NC(=O)OC(C)(C)C)cc2)nn1Cc1cc(O)ccc1OCc1ccccc1. The highest BCUT2D eigenvalue weighted by molar-refractivity contribution is 5.84. The first-order valence-corrected chi connectivity index (χ1v) is 13.1. The van der Waals surface area contributed by atoms with Crippen LogP contribution >= 0.6 is 0 Å². The van der Waals surface area contributed by atoms with Crippen LogP contribution in [0.2, 0.25) is 0 Å². The number of phenolic OH excluding ortho intramolecular Hbond substituents is 1. The molecule has 0 radical (unpaired) electrons. The first-order chi connectivity index (χ1) is 19.5. The van der Waals surface area contributed by atoms with Crippen molar-refractivity contribution in [3.8, 4) is 17.4 Å². The second kappa shape index (κ2) is 12.9. The number of hydrogen-bond donors (Lipinski definition) is 3. The van der Waals surface area contributed by atoms with Crippen molar-refractivity contribution >= 4 is 17.9 Å². The molecule has 0 aliphatic carbocycles. The third-order valence-corrected chi connectivity index (χ3v) is 5.79. The van der Waals surface area contributed by atoms with E-state index in [1.54, 1.807) is 74.0 Å². The summed E-state index contributed by atoms with van der Waals surface area (Å²) in [5.74, 6) is 0.874. The molecular weight excluding hydrogens is 524 g/mol. The maximum Gasteiger partial charge on any atom is 0.414 e. The molecule has 3 N–H and O–H groups in total. The Balaban J connectivity index is 1.31. The number of nitrogens with zero attached hydrogens (tertiary/aromatic N) is 2. The molecule has 0 aliphatic rings. The average molecular weight is 559 g/mol. The Morgan fingerprint density at radius 2 is 1.66 bits per heavy atom. The number of hydrogen-bond acceptors (Lipinski definition) is 7. The van der Waals surface area contributed by atoms with Gasteiger partial charge in [0.15, 0.2) is 0 Å². The Hall–Kier alpha value is -4.99. The molecule has 4 aromatic rings. The number of benzene rings is 3. The molecule has 0 bridgehead atoms. The molecule has 1 aromatic heterocycles. The van der Waals surface area contributed by atoms with E-state index in [1.165, 1.54) is 0 Å². The van der Waals surface area contributed by atoms with Crippen molar-refractivity contribution in [2.24, 2.45) is 0 Å². The van der Waals surface area contributed by atoms with Crippen molar-refractivity contribution in [2.75, 3.05) is 5.32 Å². The van der Waals surface area contributed by atoms with Gasteiger partial charge in [-0.15, -0.1) is 5.10 Å². The van der Waals surface area contributed by atoms with Gasteiger partial charge in [0, 0.05) is 29.6 Å². The lowest BCUT2D eigenvalue weighted by molar-refractivity contribution is 0.0636. The molecule has 41 heavy (non-hydrogen) atoms. The van der Waals surface area contributed by atoms with Gasteiger partial charge in [0.1, 0.15) is 23.7 Å². The van der Waals surface area contributed by atoms with Gasteiger partial charge in [0.25, 0.3) is 0 Å². The first-order valence-electron chi connectivity index (χ1n) is 13.1. The number of aromatic hydroxyl groups is 1. The minimum Gasteiger partial charge on any atom is -0.508 e. The lowest BCUT2D eigenvalue weighted by Gasteiger charge is -2.19. The fourth-order valence-corrected chi connectivity index (χ4v) is 3.85. The van der Waals surface area contributed by atoms with Crippen LogP contribution in [0.25, 0.3) is 0 Å². The van der Waals surface area contributed by atoms with E-state index < -0.39 is 17.8 Å². The molecule has 3 aromatic carbocycles. The Morgan fingerprint density at radius 3 is 2.37 bits per heavy atom. The zero-order chi connectivity index (χ0) is 29.4. The number of carbonyl (C=O) groups is 2. The van der Waals surface area contributed by atoms with Gasteiger partial charge < -0.3 is 24.6 Å². The molecule has 4 rings (SSSR count). The number of nitrogens with one attached hydrogen (secondary N) is 2. The van der Waals surface area contributed by atoms with Crippen LogP contribution < -0.4 is 20.1 Å². The zero-order valence-electron chi connectivity index (χ0n) is 23.5. The van der Waals surface area contributed by atoms with E-state index in [0.29, 0.717) is 24.6 Å². The van der Waals surface area contributed by atoms with Crippen molar-refractivity contribution in [1.29, 1.82) is 0 Å². The van der Waals surface area contributed by atoms with Crippen LogP contribution in [0.4, 0.5) is 15.3 Å². The minimum atomic E-state index is -0.658. The molecule has 0 saturated carbocycles. The molecule has 214 valence electrons. The highest BCUT2D eigenvalue weighted by Crippen LogP contribution is 2.26. The molecule has 0 fully saturated rings. The van der Waals surface area contributed by atoms with Crippen molar-refractivity contribution < 1.29 is 28.9 Å². The Kier molecular flexibility index (Phi) is 9.13. The quantitative estimate of drug-likeness (QED) is 0.225. The summed E-state index contributed by atoms with van der Waals surface area (Å²) in [6.07, 6.45) is -1.20. The van der Waals surface area contributed by atoms with Crippen LogP contribution in [0, 0.1) is 6.92 Å². The van der Waals surface area contributed by atoms with E-state index in [4.69, 9.17) is 14.2 Å². The van der Waals surface area contributed by atoms with Gasteiger partial charge in [0.05, 0.1) is 6.54 Å². The predicted octanol–water partition coefficient (Wildman–Crippen LogP) is 6.16. The van der Waals surface area contributed by atoms with Crippen LogP contribution in [-0.4, -0.2) is 32.7 Å². The molecule has 10 nitrogen and oxygen atoms in total. The molecule has 0 saturated heterocycles. The summed E-state index contributed by atoms with van der Waals surface area (Å²) in [4.78, 5) is 24.3. The second-order valence-electron chi connectivity index (χ2n) is 10.4. The highest BCUT2D eigenvalue weighted by atomic mass is 16.6. The number of amides is 2. The molecule has 0 unspecified atom stereocenters. The van der Waals surface area contributed by atoms with E-state index >= 15 is 0 Å². The van der Waals surface area contributed by atoms with Crippen molar-refractivity contribution in [2.45, 2.75) is 53.0 Å². The van der Waals surface area contributed by atoms with Gasteiger partial charge in [-0.2, -0.15) is 0 Å². The Morgan fingerprint density at radius 1 is 0.927 bits per heavy atom. The fourth-order valence-electron chi connectivity index (χ4n) is 3.85. The third-order valence-electron chi connectivity index (χ3n) is 5.79. The lowest BCUT2D eigenvalue weighted by atomic mass is 10.2. The summed E-state index contributed by atoms with van der Waals surface area (Å²) in [5, 5.41) is 19.8. The Labute approximate surface area is 238 Å². The van der Waals surface area contributed by atoms with Gasteiger partial charge in [0.2, 0.25) is 5.88 Å². The molecule has 2 amide bonds. The molecular formula is C31H34N4O6. The minimum absolute atomic E-state index is 0.112. The monoisotopic (exact) mass is 558 g/mol. The summed E-state index contributed by atoms with van der Waals surface area (Å²) in [6, 6.07) is 23.4. The highest BCUT2D eigenvalue weighted by Gasteiger charge is 2.16. The molecule has 10 heteroatoms. The van der Waals surface area contributed by atoms with E-state index in [9.17, 15) is 14.7 Å². The normalized spacial score (nSPS) is 11.0. The molecule has 1 heterocycles. The van der Waals surface area contributed by atoms with Crippen LogP contribution in [0.3, 0.4) is 0 Å². The number of aromatic nitrogens is 2. The van der Waals surface area contributed by atoms with Gasteiger partial charge in [-0.3, -0.25) is 10.00 Å². The van der Waals surface area contributed by atoms with E-state index in [-0.39, 0.29) is 18.2 Å². The predicted molar refractivity (Wildman–Crippen MR) is 154 cm³/mol. The topological polar surface area (TPSA) is 124 Å². The standard InChI is InChI=1S/C31H34N4O6/c1-21-16-28(40-29(37)32-18-22-10-12-25(13-11-22)33-30(38)41-31(2,3)4)34-35(21)19-24-17-26(36)14-15-27(24)39-20-23-8-6-5-7-9-23/h5-17,36H,18-20H2,1-4H3,(H,32,37)(H,33,38). The first kappa shape index (κ1) is 29.0. The fraction of sp³-hybridized carbons (Fsp3) is 0.258. The summed E-state index contributed by atoms with van der Waals surface area (Å²) in [7, 11) is 0. The van der Waals surface area contributed by atoms with Crippen LogP contribution in [0.15, 0.2) is 78.9 Å². The van der Waals surface area contributed by atoms with E-state index in [2.05, 4.69) is 15.7 Å². The summed E-state index contributed by atoms with van der Waals surface area (Å²) < 4.78 is 18.3. The number of anilines is 1. The number of rotatable bonds is 9. The van der Waals surface area contributed by atoms with Gasteiger partial charge in [-0.1, -0.05) is 42.5 Å². The van der Waals surface area contributed by atoms with E-state index in [0.717, 1.165) is 22.4 Å². The van der Waals surface area contributed by atoms with Gasteiger partial charge >= 0.3 is 12.2 Å². The van der Waals surface area contributed by atoms with Gasteiger partial charge in [-0.25, -0.2) is 9.59 Å². The second-order valence-corrected chi connectivity index (χ2v) is 10.4. The van der Waals surface area contributed by atoms with Crippen LogP contribution in [-0.2, 0) is 24.4 Å². The third kappa shape index (κ3) is 9.03. The summed E-state index contributed by atoms with van der Waals surface area (Å²) >= 11 is 0. The number of carbonyl (C=O) groups excluding carboxylic acids is 2. The summed E-state index contributed by atoms with van der Waals surface area (Å²) in [6.45, 7) is 8.13. The van der Waals surface area contributed by atoms with Gasteiger partial charge in [-0.05, 0) is 69.2 Å².